The Labute approximate surface area is 146 Å². The number of rotatable bonds is 5. The summed E-state index contributed by atoms with van der Waals surface area (Å²) in [5, 5.41) is 7.37. The van der Waals surface area contributed by atoms with Crippen molar-refractivity contribution in [1.82, 2.24) is 20.1 Å². The third-order valence-electron chi connectivity index (χ3n) is 4.25. The van der Waals surface area contributed by atoms with Crippen molar-refractivity contribution in [3.05, 3.63) is 40.3 Å². The van der Waals surface area contributed by atoms with E-state index in [4.69, 9.17) is 16.3 Å². The lowest BCUT2D eigenvalue weighted by Gasteiger charge is -2.15. The van der Waals surface area contributed by atoms with Crippen molar-refractivity contribution in [2.45, 2.75) is 45.3 Å². The summed E-state index contributed by atoms with van der Waals surface area (Å²) in [5.74, 6) is 0.347. The second-order valence-electron chi connectivity index (χ2n) is 6.05. The van der Waals surface area contributed by atoms with Crippen LogP contribution in [0.1, 0.15) is 47.3 Å². The number of hydrogen-bond acceptors (Lipinski definition) is 4. The standard InChI is InChI=1S/C17H21ClN4O2/c1-11-14(15(18)22(2)21-11)16(23)20-10-12-6-5-9-19-17(12)24-13-7-3-4-8-13/h5-6,9,13H,3-4,7-8,10H2,1-2H3,(H,20,23). The van der Waals surface area contributed by atoms with Gasteiger partial charge in [0, 0.05) is 25.4 Å². The Hall–Kier alpha value is -2.08. The number of aromatic nitrogens is 3. The lowest BCUT2D eigenvalue weighted by atomic mass is 10.2. The zero-order valence-corrected chi connectivity index (χ0v) is 14.6. The summed E-state index contributed by atoms with van der Waals surface area (Å²) < 4.78 is 7.48. The lowest BCUT2D eigenvalue weighted by Crippen LogP contribution is -2.24. The highest BCUT2D eigenvalue weighted by Crippen LogP contribution is 2.25. The van der Waals surface area contributed by atoms with E-state index in [2.05, 4.69) is 15.4 Å². The largest absolute Gasteiger partial charge is 0.474 e. The molecule has 1 amide bonds. The molecule has 7 heteroatoms. The Kier molecular flexibility index (Phi) is 5.04. The van der Waals surface area contributed by atoms with Crippen molar-refractivity contribution in [3.63, 3.8) is 0 Å². The molecule has 0 radical (unpaired) electrons. The van der Waals surface area contributed by atoms with Gasteiger partial charge in [0.15, 0.2) is 0 Å². The van der Waals surface area contributed by atoms with Crippen molar-refractivity contribution in [2.75, 3.05) is 0 Å². The Morgan fingerprint density at radius 1 is 1.46 bits per heavy atom. The van der Waals surface area contributed by atoms with Gasteiger partial charge in [-0.3, -0.25) is 9.48 Å². The lowest BCUT2D eigenvalue weighted by molar-refractivity contribution is 0.0949. The molecule has 24 heavy (non-hydrogen) atoms. The average molecular weight is 349 g/mol. The summed E-state index contributed by atoms with van der Waals surface area (Å²) >= 11 is 6.14. The molecule has 1 N–H and O–H groups in total. The SMILES string of the molecule is Cc1nn(C)c(Cl)c1C(=O)NCc1cccnc1OC1CCCC1. The predicted molar refractivity (Wildman–Crippen MR) is 91.2 cm³/mol. The van der Waals surface area contributed by atoms with Gasteiger partial charge in [-0.2, -0.15) is 5.10 Å². The zero-order chi connectivity index (χ0) is 17.1. The molecule has 0 saturated heterocycles. The Balaban J connectivity index is 1.69. The molecule has 0 aromatic carbocycles. The van der Waals surface area contributed by atoms with Gasteiger partial charge in [0.05, 0.1) is 11.3 Å². The summed E-state index contributed by atoms with van der Waals surface area (Å²) in [5.41, 5.74) is 1.87. The van der Waals surface area contributed by atoms with Gasteiger partial charge in [-0.15, -0.1) is 0 Å². The number of hydrogen-bond donors (Lipinski definition) is 1. The number of nitrogens with one attached hydrogen (secondary N) is 1. The number of carbonyl (C=O) groups is 1. The van der Waals surface area contributed by atoms with Gasteiger partial charge in [-0.25, -0.2) is 4.98 Å². The first-order valence-corrected chi connectivity index (χ1v) is 8.52. The first-order chi connectivity index (χ1) is 11.6. The van der Waals surface area contributed by atoms with E-state index in [1.54, 1.807) is 20.2 Å². The van der Waals surface area contributed by atoms with Gasteiger partial charge < -0.3 is 10.1 Å². The zero-order valence-electron chi connectivity index (χ0n) is 13.9. The summed E-state index contributed by atoms with van der Waals surface area (Å²) in [6.45, 7) is 2.10. The van der Waals surface area contributed by atoms with Crippen LogP contribution in [0.2, 0.25) is 5.15 Å². The molecular formula is C17H21ClN4O2. The summed E-state index contributed by atoms with van der Waals surface area (Å²) in [4.78, 5) is 16.7. The second-order valence-corrected chi connectivity index (χ2v) is 6.41. The molecule has 1 aliphatic carbocycles. The van der Waals surface area contributed by atoms with E-state index < -0.39 is 0 Å². The number of halogens is 1. The molecule has 0 unspecified atom stereocenters. The third kappa shape index (κ3) is 3.53. The molecule has 2 aromatic rings. The maximum absolute atomic E-state index is 12.4. The number of nitrogens with zero attached hydrogens (tertiary/aromatic N) is 3. The van der Waals surface area contributed by atoms with Crippen LogP contribution < -0.4 is 10.1 Å². The van der Waals surface area contributed by atoms with Crippen molar-refractivity contribution in [3.8, 4) is 5.88 Å². The normalized spacial score (nSPS) is 14.8. The van der Waals surface area contributed by atoms with Crippen molar-refractivity contribution in [1.29, 1.82) is 0 Å². The second kappa shape index (κ2) is 7.21. The summed E-state index contributed by atoms with van der Waals surface area (Å²) in [6.07, 6.45) is 6.45. The van der Waals surface area contributed by atoms with Crippen molar-refractivity contribution < 1.29 is 9.53 Å². The fourth-order valence-corrected chi connectivity index (χ4v) is 3.24. The number of amides is 1. The van der Waals surface area contributed by atoms with Crippen LogP contribution in [0.15, 0.2) is 18.3 Å². The molecule has 3 rings (SSSR count). The molecule has 0 bridgehead atoms. The number of aryl methyl sites for hydroxylation is 2. The maximum Gasteiger partial charge on any atom is 0.256 e. The van der Waals surface area contributed by atoms with Crippen LogP contribution in [-0.4, -0.2) is 26.8 Å². The Morgan fingerprint density at radius 3 is 2.88 bits per heavy atom. The smallest absolute Gasteiger partial charge is 0.256 e. The van der Waals surface area contributed by atoms with Crippen LogP contribution in [-0.2, 0) is 13.6 Å². The minimum atomic E-state index is -0.249. The van der Waals surface area contributed by atoms with E-state index in [-0.39, 0.29) is 12.0 Å². The van der Waals surface area contributed by atoms with E-state index >= 15 is 0 Å². The quantitative estimate of drug-likeness (QED) is 0.901. The Morgan fingerprint density at radius 2 is 2.21 bits per heavy atom. The minimum Gasteiger partial charge on any atom is -0.474 e. The molecule has 1 fully saturated rings. The number of pyridine rings is 1. The van der Waals surface area contributed by atoms with Crippen LogP contribution in [0.5, 0.6) is 5.88 Å². The number of ether oxygens (including phenoxy) is 1. The molecular weight excluding hydrogens is 328 g/mol. The molecule has 0 atom stereocenters. The van der Waals surface area contributed by atoms with E-state index in [0.29, 0.717) is 28.8 Å². The van der Waals surface area contributed by atoms with Crippen LogP contribution in [0.3, 0.4) is 0 Å². The van der Waals surface area contributed by atoms with Crippen LogP contribution in [0.25, 0.3) is 0 Å². The summed E-state index contributed by atoms with van der Waals surface area (Å²) in [7, 11) is 1.71. The first kappa shape index (κ1) is 16.8. The molecule has 2 heterocycles. The fraction of sp³-hybridized carbons (Fsp3) is 0.471. The van der Waals surface area contributed by atoms with Crippen molar-refractivity contribution in [2.24, 2.45) is 7.05 Å². The van der Waals surface area contributed by atoms with Gasteiger partial charge in [0.1, 0.15) is 11.3 Å². The van der Waals surface area contributed by atoms with Gasteiger partial charge in [-0.05, 0) is 38.7 Å². The predicted octanol–water partition coefficient (Wildman–Crippen LogP) is 3.03. The molecule has 128 valence electrons. The van der Waals surface area contributed by atoms with Crippen LogP contribution in [0, 0.1) is 6.92 Å². The molecule has 6 nitrogen and oxygen atoms in total. The third-order valence-corrected chi connectivity index (χ3v) is 4.68. The fourth-order valence-electron chi connectivity index (χ4n) is 2.98. The summed E-state index contributed by atoms with van der Waals surface area (Å²) in [6, 6.07) is 3.75. The van der Waals surface area contributed by atoms with Gasteiger partial charge in [0.2, 0.25) is 5.88 Å². The average Bonchev–Trinajstić information content (AvgIpc) is 3.15. The number of carbonyl (C=O) groups excluding carboxylic acids is 1. The van der Waals surface area contributed by atoms with Gasteiger partial charge in [0.25, 0.3) is 5.91 Å². The molecule has 0 aliphatic heterocycles. The minimum absolute atomic E-state index is 0.226. The monoisotopic (exact) mass is 348 g/mol. The highest BCUT2D eigenvalue weighted by molar-refractivity contribution is 6.33. The highest BCUT2D eigenvalue weighted by atomic mass is 35.5. The Bertz CT molecular complexity index is 738. The maximum atomic E-state index is 12.4. The van der Waals surface area contributed by atoms with E-state index in [0.717, 1.165) is 18.4 Å². The van der Waals surface area contributed by atoms with Crippen LogP contribution in [0.4, 0.5) is 0 Å². The van der Waals surface area contributed by atoms with Crippen LogP contribution >= 0.6 is 11.6 Å². The first-order valence-electron chi connectivity index (χ1n) is 8.14. The molecule has 0 spiro atoms. The van der Waals surface area contributed by atoms with Gasteiger partial charge in [-0.1, -0.05) is 17.7 Å². The topological polar surface area (TPSA) is 69.0 Å². The van der Waals surface area contributed by atoms with E-state index in [9.17, 15) is 4.79 Å². The van der Waals surface area contributed by atoms with E-state index in [1.807, 2.05) is 12.1 Å². The highest BCUT2D eigenvalue weighted by Gasteiger charge is 2.21. The van der Waals surface area contributed by atoms with E-state index in [1.165, 1.54) is 17.5 Å². The van der Waals surface area contributed by atoms with Gasteiger partial charge >= 0.3 is 0 Å². The molecule has 2 aromatic heterocycles. The molecule has 1 aliphatic rings. The van der Waals surface area contributed by atoms with Crippen molar-refractivity contribution >= 4 is 17.5 Å². The molecule has 1 saturated carbocycles.